The number of thiophene rings is 1. The Morgan fingerprint density at radius 1 is 0.672 bits per heavy atom. The summed E-state index contributed by atoms with van der Waals surface area (Å²) in [6.07, 6.45) is -5.38. The van der Waals surface area contributed by atoms with Gasteiger partial charge in [0.15, 0.2) is 6.61 Å². The molecule has 58 heavy (non-hydrogen) atoms. The molecule has 0 radical (unpaired) electrons. The number of amides is 4. The highest BCUT2D eigenvalue weighted by molar-refractivity contribution is 7.09. The third-order valence-corrected chi connectivity index (χ3v) is 10.3. The predicted octanol–water partition coefficient (Wildman–Crippen LogP) is 5.12. The summed E-state index contributed by atoms with van der Waals surface area (Å²) in [5, 5.41) is 22.4. The van der Waals surface area contributed by atoms with Crippen LogP contribution in [0.25, 0.3) is 11.1 Å². The molecule has 4 atom stereocenters. The fourth-order valence-corrected chi connectivity index (χ4v) is 7.18. The van der Waals surface area contributed by atoms with Crippen LogP contribution < -0.4 is 26.0 Å². The summed E-state index contributed by atoms with van der Waals surface area (Å²) in [5.74, 6) is -4.33. The van der Waals surface area contributed by atoms with Gasteiger partial charge in [-0.15, -0.1) is 11.3 Å². The zero-order valence-corrected chi connectivity index (χ0v) is 31.6. The van der Waals surface area contributed by atoms with Crippen LogP contribution in [0.1, 0.15) is 27.1 Å². The number of ether oxygens (including phenoxy) is 1. The summed E-state index contributed by atoms with van der Waals surface area (Å²) < 4.78 is 46.7. The van der Waals surface area contributed by atoms with E-state index < -0.39 is 78.5 Å². The SMILES string of the molecule is O=C1COc2ccc(cc2)CC(C(=O)O)NC(=O)C(Cc2cccc(C(F)(F)F)c2)NC(=O)C(Cc2ccc(-c3ccccc3)cc2)NC(=O)C(Cc2cccs2)N1. The third-order valence-electron chi connectivity index (χ3n) is 9.45. The Balaban J connectivity index is 1.36. The first-order chi connectivity index (χ1) is 27.8. The minimum atomic E-state index is -4.70. The highest BCUT2D eigenvalue weighted by Gasteiger charge is 2.34. The fraction of sp³-hybridized carbons (Fsp3) is 0.233. The molecule has 5 aromatic rings. The molecule has 2 aliphatic heterocycles. The van der Waals surface area contributed by atoms with Crippen molar-refractivity contribution in [2.75, 3.05) is 6.61 Å². The molecule has 7 rings (SSSR count). The molecular formula is C43H39F3N4O7S. The molecule has 11 nitrogen and oxygen atoms in total. The van der Waals surface area contributed by atoms with Crippen molar-refractivity contribution in [1.82, 2.24) is 21.3 Å². The third kappa shape index (κ3) is 11.3. The second-order valence-electron chi connectivity index (χ2n) is 13.7. The molecule has 2 aliphatic rings. The van der Waals surface area contributed by atoms with E-state index in [4.69, 9.17) is 4.74 Å². The van der Waals surface area contributed by atoms with Crippen molar-refractivity contribution in [2.45, 2.75) is 56.0 Å². The predicted molar refractivity (Wildman–Crippen MR) is 210 cm³/mol. The average Bonchev–Trinajstić information content (AvgIpc) is 3.73. The first-order valence-electron chi connectivity index (χ1n) is 18.3. The second kappa shape index (κ2) is 18.6. The number of carbonyl (C=O) groups is 5. The minimum Gasteiger partial charge on any atom is -0.484 e. The number of carboxylic acid groups (broad SMARTS) is 1. The van der Waals surface area contributed by atoms with Gasteiger partial charge in [-0.2, -0.15) is 13.2 Å². The number of fused-ring (bicyclic) bond motifs is 16. The molecule has 3 heterocycles. The molecule has 5 N–H and O–H groups in total. The Labute approximate surface area is 335 Å². The van der Waals surface area contributed by atoms with E-state index in [1.807, 2.05) is 47.8 Å². The van der Waals surface area contributed by atoms with Crippen LogP contribution in [0.15, 0.2) is 121 Å². The van der Waals surface area contributed by atoms with Crippen LogP contribution in [0.5, 0.6) is 5.75 Å². The molecule has 0 saturated heterocycles. The zero-order valence-electron chi connectivity index (χ0n) is 30.8. The van der Waals surface area contributed by atoms with E-state index in [9.17, 15) is 42.3 Å². The molecule has 300 valence electrons. The van der Waals surface area contributed by atoms with E-state index in [1.54, 1.807) is 36.4 Å². The molecule has 0 saturated carbocycles. The Morgan fingerprint density at radius 3 is 1.91 bits per heavy atom. The molecule has 0 fully saturated rings. The van der Waals surface area contributed by atoms with Gasteiger partial charge in [-0.25, -0.2) is 4.79 Å². The van der Waals surface area contributed by atoms with Crippen LogP contribution in [0.4, 0.5) is 13.2 Å². The van der Waals surface area contributed by atoms with E-state index >= 15 is 0 Å². The molecule has 4 unspecified atom stereocenters. The van der Waals surface area contributed by atoms with Gasteiger partial charge < -0.3 is 31.1 Å². The van der Waals surface area contributed by atoms with E-state index in [2.05, 4.69) is 21.3 Å². The largest absolute Gasteiger partial charge is 0.484 e. The number of alkyl halides is 3. The molecule has 2 bridgehead atoms. The fourth-order valence-electron chi connectivity index (χ4n) is 6.43. The molecule has 1 aromatic heterocycles. The quantitative estimate of drug-likeness (QED) is 0.136. The lowest BCUT2D eigenvalue weighted by Crippen LogP contribution is -2.59. The summed E-state index contributed by atoms with van der Waals surface area (Å²) in [6.45, 7) is -0.462. The van der Waals surface area contributed by atoms with Gasteiger partial charge in [-0.1, -0.05) is 91.0 Å². The number of carbonyl (C=O) groups excluding carboxylic acids is 4. The van der Waals surface area contributed by atoms with Crippen molar-refractivity contribution < 1.29 is 47.0 Å². The van der Waals surface area contributed by atoms with Crippen LogP contribution >= 0.6 is 11.3 Å². The summed E-state index contributed by atoms with van der Waals surface area (Å²) in [5.41, 5.74) is 1.98. The van der Waals surface area contributed by atoms with Gasteiger partial charge in [-0.3, -0.25) is 19.2 Å². The zero-order chi connectivity index (χ0) is 41.2. The van der Waals surface area contributed by atoms with Crippen molar-refractivity contribution in [3.63, 3.8) is 0 Å². The molecule has 0 aliphatic carbocycles. The van der Waals surface area contributed by atoms with Gasteiger partial charge in [0, 0.05) is 30.6 Å². The molecule has 15 heteroatoms. The molecule has 0 spiro atoms. The number of carboxylic acids is 1. The van der Waals surface area contributed by atoms with Crippen LogP contribution in [-0.4, -0.2) is 65.5 Å². The molecule has 4 amide bonds. The normalized spacial score (nSPS) is 19.6. The lowest BCUT2D eigenvalue weighted by Gasteiger charge is -2.26. The molecular weight excluding hydrogens is 774 g/mol. The highest BCUT2D eigenvalue weighted by atomic mass is 32.1. The maximum atomic E-state index is 14.3. The van der Waals surface area contributed by atoms with Crippen molar-refractivity contribution >= 4 is 40.9 Å². The highest BCUT2D eigenvalue weighted by Crippen LogP contribution is 2.30. The lowest BCUT2D eigenvalue weighted by molar-refractivity contribution is -0.142. The Kier molecular flexibility index (Phi) is 13.2. The number of benzene rings is 4. The monoisotopic (exact) mass is 812 g/mol. The van der Waals surface area contributed by atoms with Crippen LogP contribution in [0.3, 0.4) is 0 Å². The van der Waals surface area contributed by atoms with Crippen LogP contribution in [0.2, 0.25) is 0 Å². The van der Waals surface area contributed by atoms with Gasteiger partial charge in [0.05, 0.1) is 5.56 Å². The Hall–Kier alpha value is -6.48. The summed E-state index contributed by atoms with van der Waals surface area (Å²) in [7, 11) is 0. The smallest absolute Gasteiger partial charge is 0.416 e. The lowest BCUT2D eigenvalue weighted by atomic mass is 9.98. The van der Waals surface area contributed by atoms with Crippen molar-refractivity contribution in [1.29, 1.82) is 0 Å². The van der Waals surface area contributed by atoms with E-state index in [0.717, 1.165) is 28.1 Å². The van der Waals surface area contributed by atoms with Gasteiger partial charge >= 0.3 is 12.1 Å². The number of rotatable bonds is 8. The van der Waals surface area contributed by atoms with Crippen LogP contribution in [-0.2, 0) is 55.8 Å². The average molecular weight is 813 g/mol. The van der Waals surface area contributed by atoms with E-state index in [0.29, 0.717) is 11.1 Å². The summed E-state index contributed by atoms with van der Waals surface area (Å²) in [6, 6.07) is 25.1. The maximum absolute atomic E-state index is 14.3. The van der Waals surface area contributed by atoms with Gasteiger partial charge in [0.25, 0.3) is 5.91 Å². The first-order valence-corrected chi connectivity index (χ1v) is 19.2. The molecule has 4 aromatic carbocycles. The topological polar surface area (TPSA) is 163 Å². The number of nitrogens with one attached hydrogen (secondary N) is 4. The van der Waals surface area contributed by atoms with E-state index in [1.165, 1.54) is 35.6 Å². The van der Waals surface area contributed by atoms with Gasteiger partial charge in [0.2, 0.25) is 17.7 Å². The number of aliphatic carboxylic acids is 1. The summed E-state index contributed by atoms with van der Waals surface area (Å²) >= 11 is 1.36. The van der Waals surface area contributed by atoms with Crippen molar-refractivity contribution in [3.05, 3.63) is 148 Å². The Morgan fingerprint density at radius 2 is 1.29 bits per heavy atom. The summed E-state index contributed by atoms with van der Waals surface area (Å²) in [4.78, 5) is 68.7. The van der Waals surface area contributed by atoms with Crippen molar-refractivity contribution in [2.24, 2.45) is 0 Å². The number of hydrogen-bond acceptors (Lipinski definition) is 7. The number of hydrogen-bond donors (Lipinski definition) is 5. The van der Waals surface area contributed by atoms with Gasteiger partial charge in [-0.05, 0) is 57.5 Å². The maximum Gasteiger partial charge on any atom is 0.416 e. The second-order valence-corrected chi connectivity index (χ2v) is 14.8. The van der Waals surface area contributed by atoms with E-state index in [-0.39, 0.29) is 30.6 Å². The van der Waals surface area contributed by atoms with Crippen molar-refractivity contribution in [3.8, 4) is 16.9 Å². The minimum absolute atomic E-state index is 0.0342. The first kappa shape index (κ1) is 41.2. The number of halogens is 3. The Bertz CT molecular complexity index is 2220. The standard InChI is InChI=1S/C43H39F3N4O7S/c44-43(45,46)31-9-4-6-28(20-31)23-35-40(53)50-37(42(55)56)22-27-13-17-32(18-14-27)57-25-38(51)47-36(24-33-10-5-19-58-33)41(54)48-34(39(52)49-35)21-26-11-15-30(16-12-26)29-7-2-1-3-8-29/h1-20,34-37H,21-25H2,(H,47,51)(H,48,54)(H,49,52)(H,50,53)(H,55,56). The van der Waals surface area contributed by atoms with Gasteiger partial charge in [0.1, 0.15) is 29.9 Å². The van der Waals surface area contributed by atoms with Crippen LogP contribution in [0, 0.1) is 0 Å².